The van der Waals surface area contributed by atoms with Crippen LogP contribution in [0.4, 0.5) is 0 Å². The highest BCUT2D eigenvalue weighted by atomic mass is 15.3. The van der Waals surface area contributed by atoms with E-state index in [4.69, 9.17) is 5.73 Å². The molecule has 3 heteroatoms. The first kappa shape index (κ1) is 7.90. The first-order valence-electron chi connectivity index (χ1n) is 4.75. The van der Waals surface area contributed by atoms with Crippen LogP contribution in [0.5, 0.6) is 0 Å². The van der Waals surface area contributed by atoms with Crippen LogP contribution in [0.2, 0.25) is 0 Å². The Morgan fingerprint density at radius 3 is 2.50 bits per heavy atom. The average Bonchev–Trinajstić information content (AvgIpc) is 2.57. The molecule has 0 aromatic rings. The van der Waals surface area contributed by atoms with Gasteiger partial charge in [-0.05, 0) is 32.1 Å². The lowest BCUT2D eigenvalue weighted by molar-refractivity contribution is 0.452. The van der Waals surface area contributed by atoms with Gasteiger partial charge in [0, 0.05) is 19.1 Å². The first-order valence-corrected chi connectivity index (χ1v) is 4.75. The van der Waals surface area contributed by atoms with Crippen molar-refractivity contribution in [3.63, 3.8) is 0 Å². The fraction of sp³-hybridized carbons (Fsp3) is 0.889. The van der Waals surface area contributed by atoms with Crippen molar-refractivity contribution in [1.29, 1.82) is 0 Å². The maximum Gasteiger partial charge on any atom is 0.191 e. The lowest BCUT2D eigenvalue weighted by Crippen LogP contribution is -2.37. The molecule has 2 atom stereocenters. The van der Waals surface area contributed by atoms with Crippen molar-refractivity contribution in [3.8, 4) is 0 Å². The highest BCUT2D eigenvalue weighted by molar-refractivity contribution is 5.78. The van der Waals surface area contributed by atoms with Gasteiger partial charge in [-0.3, -0.25) is 4.99 Å². The standard InChI is InChI=1S/C9H17N3/c1-6(2)11-9(10)12-4-7-3-8(7)5-12/h6-8H,3-5H2,1-2H3,(H2,10,11). The molecule has 0 aromatic carbocycles. The maximum absolute atomic E-state index is 5.84. The number of guanidine groups is 1. The number of fused-ring (bicyclic) bond motifs is 1. The van der Waals surface area contributed by atoms with E-state index in [-0.39, 0.29) is 0 Å². The fourth-order valence-corrected chi connectivity index (χ4v) is 1.93. The van der Waals surface area contributed by atoms with Crippen molar-refractivity contribution in [1.82, 2.24) is 4.90 Å². The van der Waals surface area contributed by atoms with Crippen molar-refractivity contribution in [2.75, 3.05) is 13.1 Å². The smallest absolute Gasteiger partial charge is 0.191 e. The fourth-order valence-electron chi connectivity index (χ4n) is 1.93. The predicted molar refractivity (Wildman–Crippen MR) is 49.9 cm³/mol. The maximum atomic E-state index is 5.84. The van der Waals surface area contributed by atoms with Gasteiger partial charge in [0.2, 0.25) is 0 Å². The average molecular weight is 167 g/mol. The van der Waals surface area contributed by atoms with Gasteiger partial charge in [0.25, 0.3) is 0 Å². The zero-order valence-electron chi connectivity index (χ0n) is 7.83. The molecule has 3 nitrogen and oxygen atoms in total. The molecule has 0 aromatic heterocycles. The van der Waals surface area contributed by atoms with Crippen LogP contribution in [0, 0.1) is 11.8 Å². The van der Waals surface area contributed by atoms with Crippen molar-refractivity contribution in [3.05, 3.63) is 0 Å². The normalized spacial score (nSPS) is 34.2. The van der Waals surface area contributed by atoms with Crippen LogP contribution >= 0.6 is 0 Å². The van der Waals surface area contributed by atoms with Crippen LogP contribution in [-0.2, 0) is 0 Å². The monoisotopic (exact) mass is 167 g/mol. The van der Waals surface area contributed by atoms with Gasteiger partial charge in [0.1, 0.15) is 0 Å². The van der Waals surface area contributed by atoms with Gasteiger partial charge in [-0.2, -0.15) is 0 Å². The number of rotatable bonds is 1. The molecule has 2 unspecified atom stereocenters. The largest absolute Gasteiger partial charge is 0.370 e. The zero-order valence-corrected chi connectivity index (χ0v) is 7.83. The molecule has 1 aliphatic heterocycles. The van der Waals surface area contributed by atoms with E-state index in [9.17, 15) is 0 Å². The van der Waals surface area contributed by atoms with Gasteiger partial charge >= 0.3 is 0 Å². The van der Waals surface area contributed by atoms with Gasteiger partial charge < -0.3 is 10.6 Å². The number of hydrogen-bond donors (Lipinski definition) is 1. The van der Waals surface area contributed by atoms with E-state index in [1.54, 1.807) is 0 Å². The third kappa shape index (κ3) is 1.40. The van der Waals surface area contributed by atoms with Crippen LogP contribution in [0.1, 0.15) is 20.3 Å². The van der Waals surface area contributed by atoms with E-state index >= 15 is 0 Å². The molecule has 1 saturated carbocycles. The Labute approximate surface area is 73.6 Å². The summed E-state index contributed by atoms with van der Waals surface area (Å²) in [6.07, 6.45) is 1.42. The minimum absolute atomic E-state index is 0.321. The van der Waals surface area contributed by atoms with E-state index in [1.165, 1.54) is 6.42 Å². The number of nitrogens with zero attached hydrogens (tertiary/aromatic N) is 2. The third-order valence-corrected chi connectivity index (χ3v) is 2.69. The van der Waals surface area contributed by atoms with E-state index < -0.39 is 0 Å². The Hall–Kier alpha value is -0.730. The molecule has 2 N–H and O–H groups in total. The summed E-state index contributed by atoms with van der Waals surface area (Å²) in [7, 11) is 0. The molecule has 0 amide bonds. The van der Waals surface area contributed by atoms with Crippen molar-refractivity contribution in [2.45, 2.75) is 26.3 Å². The van der Waals surface area contributed by atoms with Gasteiger partial charge in [-0.25, -0.2) is 0 Å². The van der Waals surface area contributed by atoms with Gasteiger partial charge in [0.15, 0.2) is 5.96 Å². The second-order valence-corrected chi connectivity index (χ2v) is 4.24. The number of hydrogen-bond acceptors (Lipinski definition) is 1. The molecule has 68 valence electrons. The Bertz CT molecular complexity index is 200. The van der Waals surface area contributed by atoms with Gasteiger partial charge in [0.05, 0.1) is 0 Å². The van der Waals surface area contributed by atoms with Crippen molar-refractivity contribution in [2.24, 2.45) is 22.6 Å². The van der Waals surface area contributed by atoms with Crippen molar-refractivity contribution >= 4 is 5.96 Å². The SMILES string of the molecule is CC(C)N=C(N)N1CC2CC2C1. The van der Waals surface area contributed by atoms with Gasteiger partial charge in [-0.1, -0.05) is 0 Å². The second-order valence-electron chi connectivity index (χ2n) is 4.24. The number of piperidine rings is 1. The summed E-state index contributed by atoms with van der Waals surface area (Å²) in [6.45, 7) is 6.41. The van der Waals surface area contributed by atoms with Crippen molar-refractivity contribution < 1.29 is 0 Å². The highest BCUT2D eigenvalue weighted by Crippen LogP contribution is 2.44. The quantitative estimate of drug-likeness (QED) is 0.460. The van der Waals surface area contributed by atoms with Gasteiger partial charge in [-0.15, -0.1) is 0 Å². The van der Waals surface area contributed by atoms with Crippen LogP contribution in [0.15, 0.2) is 4.99 Å². The summed E-state index contributed by atoms with van der Waals surface area (Å²) in [4.78, 5) is 6.56. The van der Waals surface area contributed by atoms with Crippen LogP contribution in [0.3, 0.4) is 0 Å². The summed E-state index contributed by atoms with van der Waals surface area (Å²) in [5, 5.41) is 0. The molecular weight excluding hydrogens is 150 g/mol. The van der Waals surface area contributed by atoms with Crippen LogP contribution < -0.4 is 5.73 Å². The van der Waals surface area contributed by atoms with E-state index in [2.05, 4.69) is 23.7 Å². The molecule has 0 spiro atoms. The summed E-state index contributed by atoms with van der Waals surface area (Å²) < 4.78 is 0. The van der Waals surface area contributed by atoms with E-state index in [0.717, 1.165) is 30.9 Å². The number of nitrogens with two attached hydrogens (primary N) is 1. The molecule has 2 fully saturated rings. The van der Waals surface area contributed by atoms with Crippen LogP contribution in [0.25, 0.3) is 0 Å². The molecule has 0 radical (unpaired) electrons. The molecule has 1 aliphatic carbocycles. The molecule has 2 aliphatic rings. The summed E-state index contributed by atoms with van der Waals surface area (Å²) in [5.74, 6) is 2.62. The Kier molecular flexibility index (Phi) is 1.74. The molecule has 1 saturated heterocycles. The van der Waals surface area contributed by atoms with E-state index in [0.29, 0.717) is 6.04 Å². The lowest BCUT2D eigenvalue weighted by atomic mass is 10.4. The first-order chi connectivity index (χ1) is 5.66. The number of aliphatic imine (C=N–C) groups is 1. The Morgan fingerprint density at radius 2 is 2.00 bits per heavy atom. The molecule has 2 rings (SSSR count). The topological polar surface area (TPSA) is 41.6 Å². The molecular formula is C9H17N3. The Balaban J connectivity index is 1.92. The Morgan fingerprint density at radius 1 is 1.42 bits per heavy atom. The molecule has 0 bridgehead atoms. The summed E-state index contributed by atoms with van der Waals surface area (Å²) in [5.41, 5.74) is 5.84. The molecule has 12 heavy (non-hydrogen) atoms. The lowest BCUT2D eigenvalue weighted by Gasteiger charge is -2.19. The minimum atomic E-state index is 0.321. The molecule has 1 heterocycles. The summed E-state index contributed by atoms with van der Waals surface area (Å²) in [6, 6.07) is 0.321. The minimum Gasteiger partial charge on any atom is -0.370 e. The zero-order chi connectivity index (χ0) is 8.72. The van der Waals surface area contributed by atoms with Crippen LogP contribution in [-0.4, -0.2) is 30.0 Å². The predicted octanol–water partition coefficient (Wildman–Crippen LogP) is 0.661. The number of likely N-dealkylation sites (tertiary alicyclic amines) is 1. The second kappa shape index (κ2) is 2.64. The third-order valence-electron chi connectivity index (χ3n) is 2.69. The summed E-state index contributed by atoms with van der Waals surface area (Å²) >= 11 is 0. The van der Waals surface area contributed by atoms with E-state index in [1.807, 2.05) is 0 Å². The highest BCUT2D eigenvalue weighted by Gasteiger charge is 2.45.